The van der Waals surface area contributed by atoms with Crippen LogP contribution in [0.2, 0.25) is 0 Å². The standard InChI is InChI=1S/C20H21NO2/c1-13-11-21(12-14(2)23-13)20(22)16-7-8-19-17(10-16)9-15-5-3-4-6-18(15)19/h3-8,10,13-14H,9,11-12H2,1-2H3/t13-,14+. The van der Waals surface area contributed by atoms with Crippen molar-refractivity contribution in [3.63, 3.8) is 0 Å². The van der Waals surface area contributed by atoms with Crippen molar-refractivity contribution in [2.45, 2.75) is 32.5 Å². The molecule has 1 amide bonds. The highest BCUT2D eigenvalue weighted by Crippen LogP contribution is 2.36. The molecule has 1 fully saturated rings. The molecule has 0 saturated carbocycles. The van der Waals surface area contributed by atoms with Crippen LogP contribution in [0.3, 0.4) is 0 Å². The summed E-state index contributed by atoms with van der Waals surface area (Å²) in [5.41, 5.74) is 5.96. The van der Waals surface area contributed by atoms with Gasteiger partial charge in [0.05, 0.1) is 12.2 Å². The third kappa shape index (κ3) is 2.55. The van der Waals surface area contributed by atoms with Gasteiger partial charge in [-0.2, -0.15) is 0 Å². The van der Waals surface area contributed by atoms with Crippen molar-refractivity contribution in [3.05, 3.63) is 59.2 Å². The zero-order valence-corrected chi connectivity index (χ0v) is 13.6. The number of rotatable bonds is 1. The fourth-order valence-electron chi connectivity index (χ4n) is 3.80. The minimum Gasteiger partial charge on any atom is -0.372 e. The summed E-state index contributed by atoms with van der Waals surface area (Å²) in [6.45, 7) is 5.38. The van der Waals surface area contributed by atoms with E-state index in [2.05, 4.69) is 36.4 Å². The highest BCUT2D eigenvalue weighted by Gasteiger charge is 2.27. The second-order valence-electron chi connectivity index (χ2n) is 6.67. The normalized spacial score (nSPS) is 22.6. The second-order valence-corrected chi connectivity index (χ2v) is 6.67. The first-order valence-electron chi connectivity index (χ1n) is 8.28. The molecule has 2 aliphatic rings. The lowest BCUT2D eigenvalue weighted by atomic mass is 10.0. The highest BCUT2D eigenvalue weighted by molar-refractivity contribution is 5.96. The van der Waals surface area contributed by atoms with E-state index in [1.165, 1.54) is 22.3 Å². The molecule has 2 aromatic rings. The molecule has 2 aromatic carbocycles. The van der Waals surface area contributed by atoms with Gasteiger partial charge in [0.25, 0.3) is 5.91 Å². The minimum atomic E-state index is 0.0985. The number of ether oxygens (including phenoxy) is 1. The van der Waals surface area contributed by atoms with Gasteiger partial charge in [0.2, 0.25) is 0 Å². The summed E-state index contributed by atoms with van der Waals surface area (Å²) in [5.74, 6) is 0.116. The van der Waals surface area contributed by atoms with Crippen molar-refractivity contribution >= 4 is 5.91 Å². The summed E-state index contributed by atoms with van der Waals surface area (Å²) in [4.78, 5) is 14.8. The maximum Gasteiger partial charge on any atom is 0.254 e. The lowest BCUT2D eigenvalue weighted by Crippen LogP contribution is -2.48. The van der Waals surface area contributed by atoms with Crippen molar-refractivity contribution in [1.82, 2.24) is 4.90 Å². The third-order valence-corrected chi connectivity index (χ3v) is 4.75. The molecular formula is C20H21NO2. The van der Waals surface area contributed by atoms with E-state index < -0.39 is 0 Å². The molecule has 0 bridgehead atoms. The van der Waals surface area contributed by atoms with Crippen LogP contribution in [0.5, 0.6) is 0 Å². The Morgan fingerprint density at radius 2 is 1.70 bits per heavy atom. The molecule has 4 rings (SSSR count). The van der Waals surface area contributed by atoms with Gasteiger partial charge in [0.1, 0.15) is 0 Å². The summed E-state index contributed by atoms with van der Waals surface area (Å²) < 4.78 is 5.72. The summed E-state index contributed by atoms with van der Waals surface area (Å²) in [6.07, 6.45) is 1.12. The summed E-state index contributed by atoms with van der Waals surface area (Å²) >= 11 is 0. The average molecular weight is 307 g/mol. The molecule has 1 heterocycles. The number of fused-ring (bicyclic) bond motifs is 3. The Bertz CT molecular complexity index is 758. The van der Waals surface area contributed by atoms with E-state index in [4.69, 9.17) is 4.74 Å². The molecule has 3 heteroatoms. The molecule has 0 aromatic heterocycles. The molecule has 23 heavy (non-hydrogen) atoms. The second kappa shape index (κ2) is 5.50. The van der Waals surface area contributed by atoms with E-state index in [1.807, 2.05) is 24.8 Å². The monoisotopic (exact) mass is 307 g/mol. The number of carbonyl (C=O) groups excluding carboxylic acids is 1. The van der Waals surface area contributed by atoms with Crippen LogP contribution in [0.4, 0.5) is 0 Å². The molecule has 1 saturated heterocycles. The van der Waals surface area contributed by atoms with Gasteiger partial charge < -0.3 is 9.64 Å². The zero-order chi connectivity index (χ0) is 16.0. The maximum absolute atomic E-state index is 12.8. The number of nitrogens with zero attached hydrogens (tertiary/aromatic N) is 1. The van der Waals surface area contributed by atoms with E-state index in [9.17, 15) is 4.79 Å². The van der Waals surface area contributed by atoms with Gasteiger partial charge in [-0.25, -0.2) is 0 Å². The number of benzene rings is 2. The Morgan fingerprint density at radius 3 is 2.48 bits per heavy atom. The van der Waals surface area contributed by atoms with E-state index in [0.29, 0.717) is 13.1 Å². The van der Waals surface area contributed by atoms with Crippen LogP contribution in [0, 0.1) is 0 Å². The van der Waals surface area contributed by atoms with Crippen molar-refractivity contribution in [3.8, 4) is 11.1 Å². The molecule has 0 radical (unpaired) electrons. The number of amides is 1. The first-order valence-corrected chi connectivity index (χ1v) is 8.28. The number of carbonyl (C=O) groups is 1. The van der Waals surface area contributed by atoms with Gasteiger partial charge in [-0.3, -0.25) is 4.79 Å². The van der Waals surface area contributed by atoms with Gasteiger partial charge in [-0.1, -0.05) is 30.3 Å². The largest absolute Gasteiger partial charge is 0.372 e. The lowest BCUT2D eigenvalue weighted by Gasteiger charge is -2.35. The minimum absolute atomic E-state index is 0.0985. The third-order valence-electron chi connectivity index (χ3n) is 4.75. The van der Waals surface area contributed by atoms with Crippen molar-refractivity contribution in [2.75, 3.05) is 13.1 Å². The van der Waals surface area contributed by atoms with Crippen molar-refractivity contribution in [2.24, 2.45) is 0 Å². The summed E-state index contributed by atoms with van der Waals surface area (Å²) in [6, 6.07) is 14.6. The van der Waals surface area contributed by atoms with Crippen LogP contribution >= 0.6 is 0 Å². The average Bonchev–Trinajstić information content (AvgIpc) is 2.90. The Labute approximate surface area is 136 Å². The first kappa shape index (κ1) is 14.5. The molecule has 0 unspecified atom stereocenters. The smallest absolute Gasteiger partial charge is 0.254 e. The van der Waals surface area contributed by atoms with Crippen LogP contribution in [0.1, 0.15) is 35.3 Å². The Hall–Kier alpha value is -2.13. The van der Waals surface area contributed by atoms with Gasteiger partial charge in [-0.15, -0.1) is 0 Å². The van der Waals surface area contributed by atoms with Crippen LogP contribution in [-0.2, 0) is 11.2 Å². The Balaban J connectivity index is 1.62. The van der Waals surface area contributed by atoms with Gasteiger partial charge in [-0.05, 0) is 54.7 Å². The lowest BCUT2D eigenvalue weighted by molar-refractivity contribution is -0.0586. The highest BCUT2D eigenvalue weighted by atomic mass is 16.5. The molecule has 2 atom stereocenters. The van der Waals surface area contributed by atoms with E-state index in [-0.39, 0.29) is 18.1 Å². The quantitative estimate of drug-likeness (QED) is 0.688. The predicted octanol–water partition coefficient (Wildman–Crippen LogP) is 3.51. The SMILES string of the molecule is C[C@@H]1CN(C(=O)c2ccc3c(c2)Cc2ccccc2-3)C[C@H](C)O1. The van der Waals surface area contributed by atoms with Crippen molar-refractivity contribution < 1.29 is 9.53 Å². The Kier molecular flexibility index (Phi) is 3.46. The first-order chi connectivity index (χ1) is 11.1. The topological polar surface area (TPSA) is 29.5 Å². The predicted molar refractivity (Wildman–Crippen MR) is 90.6 cm³/mol. The fourth-order valence-corrected chi connectivity index (χ4v) is 3.80. The number of hydrogen-bond acceptors (Lipinski definition) is 2. The van der Waals surface area contributed by atoms with Crippen LogP contribution in [0.25, 0.3) is 11.1 Å². The summed E-state index contributed by atoms with van der Waals surface area (Å²) in [7, 11) is 0. The molecule has 3 nitrogen and oxygen atoms in total. The zero-order valence-electron chi connectivity index (χ0n) is 13.6. The van der Waals surface area contributed by atoms with Crippen LogP contribution in [-0.4, -0.2) is 36.1 Å². The van der Waals surface area contributed by atoms with E-state index in [1.54, 1.807) is 0 Å². The van der Waals surface area contributed by atoms with Crippen LogP contribution < -0.4 is 0 Å². The van der Waals surface area contributed by atoms with E-state index in [0.717, 1.165) is 12.0 Å². The maximum atomic E-state index is 12.8. The molecule has 1 aliphatic heterocycles. The number of hydrogen-bond donors (Lipinski definition) is 0. The summed E-state index contributed by atoms with van der Waals surface area (Å²) in [5, 5.41) is 0. The molecule has 0 spiro atoms. The fraction of sp³-hybridized carbons (Fsp3) is 0.350. The van der Waals surface area contributed by atoms with Crippen molar-refractivity contribution in [1.29, 1.82) is 0 Å². The Morgan fingerprint density at radius 1 is 1.00 bits per heavy atom. The molecule has 0 N–H and O–H groups in total. The van der Waals surface area contributed by atoms with E-state index >= 15 is 0 Å². The molecule has 118 valence electrons. The van der Waals surface area contributed by atoms with Gasteiger partial charge in [0, 0.05) is 18.7 Å². The molecular weight excluding hydrogens is 286 g/mol. The van der Waals surface area contributed by atoms with Gasteiger partial charge in [0.15, 0.2) is 0 Å². The molecule has 1 aliphatic carbocycles. The van der Waals surface area contributed by atoms with Gasteiger partial charge >= 0.3 is 0 Å². The number of morpholine rings is 1. The van der Waals surface area contributed by atoms with Crippen LogP contribution in [0.15, 0.2) is 42.5 Å².